The second-order valence-electron chi connectivity index (χ2n) is 5.10. The van der Waals surface area contributed by atoms with Crippen molar-refractivity contribution in [2.45, 2.75) is 25.3 Å². The third-order valence-electron chi connectivity index (χ3n) is 3.51. The number of ether oxygens (including phenoxy) is 2. The van der Waals surface area contributed by atoms with Crippen LogP contribution in [-0.2, 0) is 10.0 Å². The highest BCUT2D eigenvalue weighted by atomic mass is 32.2. The van der Waals surface area contributed by atoms with E-state index >= 15 is 0 Å². The summed E-state index contributed by atoms with van der Waals surface area (Å²) in [6.45, 7) is 0.881. The predicted octanol–water partition coefficient (Wildman–Crippen LogP) is 1.59. The maximum atomic E-state index is 12.3. The molecule has 1 fully saturated rings. The molecule has 0 spiro atoms. The summed E-state index contributed by atoms with van der Waals surface area (Å²) in [5, 5.41) is 3.24. The summed E-state index contributed by atoms with van der Waals surface area (Å²) in [7, 11) is -0.375. The van der Waals surface area contributed by atoms with E-state index in [4.69, 9.17) is 9.47 Å². The molecule has 0 aromatic heterocycles. The number of methoxy groups -OCH3 is 2. The molecule has 1 aromatic rings. The summed E-state index contributed by atoms with van der Waals surface area (Å²) in [5.74, 6) is 1.13. The van der Waals surface area contributed by atoms with Crippen molar-refractivity contribution in [3.63, 3.8) is 0 Å². The van der Waals surface area contributed by atoms with Crippen LogP contribution in [0.5, 0.6) is 11.5 Å². The first-order valence-corrected chi connectivity index (χ1v) is 8.65. The third kappa shape index (κ3) is 4.50. The molecular formula is C14H22N2O4S. The van der Waals surface area contributed by atoms with Crippen LogP contribution in [0, 0.1) is 0 Å². The average Bonchev–Trinajstić information content (AvgIpc) is 2.47. The Morgan fingerprint density at radius 2 is 2.10 bits per heavy atom. The number of sulfonamides is 1. The Balaban J connectivity index is 2.08. The number of rotatable bonds is 6. The van der Waals surface area contributed by atoms with Gasteiger partial charge < -0.3 is 14.8 Å². The molecule has 0 saturated carbocycles. The summed E-state index contributed by atoms with van der Waals surface area (Å²) in [5.41, 5.74) is 0.425. The lowest BCUT2D eigenvalue weighted by atomic mass is 10.1. The Morgan fingerprint density at radius 3 is 2.71 bits per heavy atom. The fourth-order valence-corrected chi connectivity index (χ4v) is 3.82. The van der Waals surface area contributed by atoms with E-state index in [0.717, 1.165) is 25.8 Å². The molecule has 1 saturated heterocycles. The van der Waals surface area contributed by atoms with Crippen LogP contribution in [0.1, 0.15) is 19.3 Å². The van der Waals surface area contributed by atoms with E-state index in [1.54, 1.807) is 25.3 Å². The number of hydrogen-bond acceptors (Lipinski definition) is 5. The zero-order valence-corrected chi connectivity index (χ0v) is 13.2. The fourth-order valence-electron chi connectivity index (χ4n) is 2.42. The van der Waals surface area contributed by atoms with Gasteiger partial charge in [0.25, 0.3) is 0 Å². The van der Waals surface area contributed by atoms with Crippen molar-refractivity contribution in [3.05, 3.63) is 18.2 Å². The smallest absolute Gasteiger partial charge is 0.234 e. The van der Waals surface area contributed by atoms with Crippen LogP contribution in [0.25, 0.3) is 0 Å². The molecule has 1 aromatic carbocycles. The van der Waals surface area contributed by atoms with Gasteiger partial charge in [-0.3, -0.25) is 4.72 Å². The minimum atomic E-state index is -3.42. The molecule has 2 rings (SSSR count). The first kappa shape index (κ1) is 15.9. The standard InChI is InChI=1S/C14H22N2O4S/c1-19-12-6-7-13(14(9-12)20-2)16-21(17,18)10-11-5-3-4-8-15-11/h6-7,9,11,15-16H,3-5,8,10H2,1-2H3. The Bertz CT molecular complexity index is 568. The van der Waals surface area contributed by atoms with Gasteiger partial charge in [-0.05, 0) is 31.5 Å². The van der Waals surface area contributed by atoms with Crippen molar-refractivity contribution < 1.29 is 17.9 Å². The highest BCUT2D eigenvalue weighted by molar-refractivity contribution is 7.92. The van der Waals surface area contributed by atoms with Crippen LogP contribution >= 0.6 is 0 Å². The van der Waals surface area contributed by atoms with Crippen LogP contribution in [0.4, 0.5) is 5.69 Å². The monoisotopic (exact) mass is 314 g/mol. The van der Waals surface area contributed by atoms with Crippen LogP contribution in [0.3, 0.4) is 0 Å². The second kappa shape index (κ2) is 7.00. The lowest BCUT2D eigenvalue weighted by molar-refractivity contribution is 0.395. The lowest BCUT2D eigenvalue weighted by Crippen LogP contribution is -2.40. The molecule has 1 atom stereocenters. The number of nitrogens with one attached hydrogen (secondary N) is 2. The van der Waals surface area contributed by atoms with E-state index in [1.165, 1.54) is 7.11 Å². The van der Waals surface area contributed by atoms with Crippen LogP contribution < -0.4 is 19.5 Å². The summed E-state index contributed by atoms with van der Waals surface area (Å²) in [6.07, 6.45) is 3.07. The van der Waals surface area contributed by atoms with E-state index in [0.29, 0.717) is 17.2 Å². The maximum Gasteiger partial charge on any atom is 0.234 e. The molecular weight excluding hydrogens is 292 g/mol. The molecule has 1 aliphatic heterocycles. The van der Waals surface area contributed by atoms with Crippen molar-refractivity contribution in [2.24, 2.45) is 0 Å². The second-order valence-corrected chi connectivity index (χ2v) is 6.86. The van der Waals surface area contributed by atoms with Crippen LogP contribution in [-0.4, -0.2) is 41.0 Å². The molecule has 7 heteroatoms. The Kier molecular flexibility index (Phi) is 5.30. The van der Waals surface area contributed by atoms with Gasteiger partial charge in [0.2, 0.25) is 10.0 Å². The van der Waals surface area contributed by atoms with Gasteiger partial charge in [0.05, 0.1) is 25.7 Å². The zero-order chi connectivity index (χ0) is 15.3. The number of piperidine rings is 1. The molecule has 0 aliphatic carbocycles. The van der Waals surface area contributed by atoms with Crippen molar-refractivity contribution >= 4 is 15.7 Å². The van der Waals surface area contributed by atoms with Crippen LogP contribution in [0.2, 0.25) is 0 Å². The number of hydrogen-bond donors (Lipinski definition) is 2. The zero-order valence-electron chi connectivity index (χ0n) is 12.4. The Hall–Kier alpha value is -1.47. The Labute approximate surface area is 125 Å². The molecule has 0 amide bonds. The van der Waals surface area contributed by atoms with E-state index in [2.05, 4.69) is 10.0 Å². The van der Waals surface area contributed by atoms with Crippen molar-refractivity contribution in [3.8, 4) is 11.5 Å². The van der Waals surface area contributed by atoms with Crippen molar-refractivity contribution in [1.82, 2.24) is 5.32 Å². The molecule has 1 unspecified atom stereocenters. The average molecular weight is 314 g/mol. The minimum Gasteiger partial charge on any atom is -0.497 e. The summed E-state index contributed by atoms with van der Waals surface area (Å²) in [6, 6.07) is 5.00. The molecule has 0 bridgehead atoms. The summed E-state index contributed by atoms with van der Waals surface area (Å²) < 4.78 is 37.4. The van der Waals surface area contributed by atoms with Gasteiger partial charge in [-0.2, -0.15) is 0 Å². The largest absolute Gasteiger partial charge is 0.497 e. The first-order chi connectivity index (χ1) is 10.0. The SMILES string of the molecule is COc1ccc(NS(=O)(=O)CC2CCCCN2)c(OC)c1. The van der Waals surface area contributed by atoms with Gasteiger partial charge in [0.1, 0.15) is 11.5 Å². The van der Waals surface area contributed by atoms with Gasteiger partial charge >= 0.3 is 0 Å². The van der Waals surface area contributed by atoms with E-state index in [1.807, 2.05) is 0 Å². The Morgan fingerprint density at radius 1 is 1.29 bits per heavy atom. The summed E-state index contributed by atoms with van der Waals surface area (Å²) >= 11 is 0. The predicted molar refractivity (Wildman–Crippen MR) is 82.6 cm³/mol. The molecule has 118 valence electrons. The molecule has 1 aliphatic rings. The van der Waals surface area contributed by atoms with Gasteiger partial charge in [-0.25, -0.2) is 8.42 Å². The van der Waals surface area contributed by atoms with E-state index < -0.39 is 10.0 Å². The molecule has 21 heavy (non-hydrogen) atoms. The number of anilines is 1. The van der Waals surface area contributed by atoms with Gasteiger partial charge in [-0.1, -0.05) is 6.42 Å². The quantitative estimate of drug-likeness (QED) is 0.834. The minimum absolute atomic E-state index is 0.0143. The normalized spacial score (nSPS) is 19.0. The first-order valence-electron chi connectivity index (χ1n) is 7.00. The fraction of sp³-hybridized carbons (Fsp3) is 0.571. The molecule has 1 heterocycles. The molecule has 6 nitrogen and oxygen atoms in total. The third-order valence-corrected chi connectivity index (χ3v) is 4.88. The van der Waals surface area contributed by atoms with Gasteiger partial charge in [0, 0.05) is 12.1 Å². The molecule has 2 N–H and O–H groups in total. The van der Waals surface area contributed by atoms with Crippen molar-refractivity contribution in [2.75, 3.05) is 31.2 Å². The highest BCUT2D eigenvalue weighted by Crippen LogP contribution is 2.30. The topological polar surface area (TPSA) is 76.7 Å². The molecule has 0 radical (unpaired) electrons. The van der Waals surface area contributed by atoms with Crippen LogP contribution in [0.15, 0.2) is 18.2 Å². The lowest BCUT2D eigenvalue weighted by Gasteiger charge is -2.23. The maximum absolute atomic E-state index is 12.3. The van der Waals surface area contributed by atoms with E-state index in [-0.39, 0.29) is 11.8 Å². The van der Waals surface area contributed by atoms with E-state index in [9.17, 15) is 8.42 Å². The van der Waals surface area contributed by atoms with Gasteiger partial charge in [0.15, 0.2) is 0 Å². The highest BCUT2D eigenvalue weighted by Gasteiger charge is 2.22. The van der Waals surface area contributed by atoms with Crippen molar-refractivity contribution in [1.29, 1.82) is 0 Å². The van der Waals surface area contributed by atoms with Gasteiger partial charge in [-0.15, -0.1) is 0 Å². The number of benzene rings is 1. The summed E-state index contributed by atoms with van der Waals surface area (Å²) in [4.78, 5) is 0.